The van der Waals surface area contributed by atoms with E-state index in [0.717, 1.165) is 11.3 Å². The van der Waals surface area contributed by atoms with E-state index in [-0.39, 0.29) is 36.6 Å². The Morgan fingerprint density at radius 2 is 1.85 bits per heavy atom. The fraction of sp³-hybridized carbons (Fsp3) is 0.278. The number of nitrogens with one attached hydrogen (secondary N) is 1. The third-order valence-corrected chi connectivity index (χ3v) is 4.87. The van der Waals surface area contributed by atoms with Gasteiger partial charge in [0, 0.05) is 29.1 Å². The smallest absolute Gasteiger partial charge is 0.308 e. The summed E-state index contributed by atoms with van der Waals surface area (Å²) in [5.41, 5.74) is 0.130. The van der Waals surface area contributed by atoms with Crippen LogP contribution in [0.15, 0.2) is 36.4 Å². The van der Waals surface area contributed by atoms with Crippen LogP contribution in [0, 0.1) is 10.1 Å². The zero-order valence-corrected chi connectivity index (χ0v) is 15.4. The molecule has 0 aliphatic heterocycles. The molecule has 1 aromatic carbocycles. The van der Waals surface area contributed by atoms with Crippen molar-refractivity contribution >= 4 is 34.7 Å². The van der Waals surface area contributed by atoms with Crippen molar-refractivity contribution in [3.8, 4) is 0 Å². The number of nitro benzene ring substituents is 1. The van der Waals surface area contributed by atoms with Gasteiger partial charge < -0.3 is 10.1 Å². The summed E-state index contributed by atoms with van der Waals surface area (Å²) in [5.74, 6) is -1.32. The minimum absolute atomic E-state index is 0.0296. The molecular weight excluding hydrogens is 372 g/mol. The minimum Gasteiger partial charge on any atom is -0.457 e. The molecule has 1 amide bonds. The molecule has 9 heteroatoms. The van der Waals surface area contributed by atoms with Gasteiger partial charge in [-0.05, 0) is 30.7 Å². The highest BCUT2D eigenvalue weighted by atomic mass is 32.1. The average Bonchev–Trinajstić information content (AvgIpc) is 3.15. The molecule has 0 unspecified atom stereocenters. The number of non-ortho nitro benzene ring substituents is 1. The van der Waals surface area contributed by atoms with Crippen molar-refractivity contribution in [2.75, 3.05) is 13.2 Å². The van der Waals surface area contributed by atoms with Gasteiger partial charge in [-0.15, -0.1) is 11.3 Å². The van der Waals surface area contributed by atoms with E-state index < -0.39 is 16.8 Å². The largest absolute Gasteiger partial charge is 0.457 e. The maximum atomic E-state index is 11.9. The van der Waals surface area contributed by atoms with Crippen molar-refractivity contribution in [2.24, 2.45) is 0 Å². The first-order valence-corrected chi connectivity index (χ1v) is 9.02. The van der Waals surface area contributed by atoms with Crippen LogP contribution in [-0.2, 0) is 16.0 Å². The second-order valence-corrected chi connectivity index (χ2v) is 6.68. The molecule has 2 aromatic rings. The fourth-order valence-corrected chi connectivity index (χ4v) is 2.99. The normalized spacial score (nSPS) is 10.3. The number of rotatable bonds is 9. The topological polar surface area (TPSA) is 116 Å². The van der Waals surface area contributed by atoms with Gasteiger partial charge in [0.25, 0.3) is 11.6 Å². The molecule has 1 heterocycles. The van der Waals surface area contributed by atoms with Crippen molar-refractivity contribution in [2.45, 2.75) is 19.8 Å². The van der Waals surface area contributed by atoms with Crippen LogP contribution >= 0.6 is 11.3 Å². The number of thiophene rings is 1. The number of Topliss-reactive ketones (excluding diaryl/α,β-unsaturated/α-hetero) is 1. The Bertz CT molecular complexity index is 844. The highest BCUT2D eigenvalue weighted by Crippen LogP contribution is 2.17. The van der Waals surface area contributed by atoms with Crippen LogP contribution in [0.3, 0.4) is 0 Å². The molecule has 0 spiro atoms. The summed E-state index contributed by atoms with van der Waals surface area (Å²) in [6.07, 6.45) is 0.753. The Kier molecular flexibility index (Phi) is 7.18. The molecule has 0 fully saturated rings. The molecule has 2 rings (SSSR count). The van der Waals surface area contributed by atoms with Gasteiger partial charge >= 0.3 is 5.97 Å². The summed E-state index contributed by atoms with van der Waals surface area (Å²) in [5, 5.41) is 13.1. The van der Waals surface area contributed by atoms with Crippen LogP contribution in [-0.4, -0.2) is 35.7 Å². The summed E-state index contributed by atoms with van der Waals surface area (Å²) >= 11 is 1.37. The standard InChI is InChI=1S/C18H18N2O6S/c1-2-14-7-8-16(27-14)15(21)11-26-17(22)9-10-19-18(23)12-3-5-13(6-4-12)20(24)25/h3-8H,2,9-11H2,1H3,(H,19,23). The lowest BCUT2D eigenvalue weighted by molar-refractivity contribution is -0.384. The van der Waals surface area contributed by atoms with Gasteiger partial charge in [-0.1, -0.05) is 6.92 Å². The molecule has 0 aliphatic rings. The van der Waals surface area contributed by atoms with E-state index in [2.05, 4.69) is 5.32 Å². The van der Waals surface area contributed by atoms with E-state index in [1.54, 1.807) is 6.07 Å². The molecule has 0 aliphatic carbocycles. The molecule has 0 atom stereocenters. The SMILES string of the molecule is CCc1ccc(C(=O)COC(=O)CCNC(=O)c2ccc([N+](=O)[O-])cc2)s1. The third-order valence-electron chi connectivity index (χ3n) is 3.60. The van der Waals surface area contributed by atoms with Gasteiger partial charge in [-0.2, -0.15) is 0 Å². The number of hydrogen-bond donors (Lipinski definition) is 1. The van der Waals surface area contributed by atoms with E-state index in [1.165, 1.54) is 35.6 Å². The lowest BCUT2D eigenvalue weighted by Crippen LogP contribution is -2.27. The predicted molar refractivity (Wildman–Crippen MR) is 99.0 cm³/mol. The first-order valence-electron chi connectivity index (χ1n) is 8.21. The highest BCUT2D eigenvalue weighted by Gasteiger charge is 2.13. The molecule has 8 nitrogen and oxygen atoms in total. The number of hydrogen-bond acceptors (Lipinski definition) is 7. The molecule has 1 aromatic heterocycles. The second kappa shape index (κ2) is 9.58. The number of nitrogens with zero attached hydrogens (tertiary/aromatic N) is 1. The number of ketones is 1. The van der Waals surface area contributed by atoms with E-state index in [4.69, 9.17) is 4.74 Å². The number of carbonyl (C=O) groups excluding carboxylic acids is 3. The van der Waals surface area contributed by atoms with Gasteiger partial charge in [0.1, 0.15) is 0 Å². The van der Waals surface area contributed by atoms with E-state index in [0.29, 0.717) is 4.88 Å². The fourth-order valence-electron chi connectivity index (χ4n) is 2.12. The Labute approximate surface area is 159 Å². The number of ether oxygens (including phenoxy) is 1. The zero-order valence-electron chi connectivity index (χ0n) is 14.6. The van der Waals surface area contributed by atoms with E-state index >= 15 is 0 Å². The summed E-state index contributed by atoms with van der Waals surface area (Å²) in [6, 6.07) is 8.69. The maximum absolute atomic E-state index is 11.9. The van der Waals surface area contributed by atoms with Crippen molar-refractivity contribution in [3.05, 3.63) is 61.8 Å². The molecule has 0 radical (unpaired) electrons. The first-order chi connectivity index (χ1) is 12.9. The van der Waals surface area contributed by atoms with Gasteiger partial charge in [0.2, 0.25) is 5.78 Å². The average molecular weight is 390 g/mol. The summed E-state index contributed by atoms with van der Waals surface area (Å²) in [4.78, 5) is 47.2. The van der Waals surface area contributed by atoms with Gasteiger partial charge in [0.05, 0.1) is 16.2 Å². The molecule has 0 bridgehead atoms. The van der Waals surface area contributed by atoms with Crippen LogP contribution < -0.4 is 5.32 Å². The zero-order chi connectivity index (χ0) is 19.8. The van der Waals surface area contributed by atoms with Gasteiger partial charge in [-0.25, -0.2) is 0 Å². The number of benzene rings is 1. The summed E-state index contributed by atoms with van der Waals surface area (Å²) in [6.45, 7) is 1.69. The summed E-state index contributed by atoms with van der Waals surface area (Å²) in [7, 11) is 0. The Balaban J connectivity index is 1.71. The molecular formula is C18H18N2O6S. The van der Waals surface area contributed by atoms with Crippen LogP contribution in [0.5, 0.6) is 0 Å². The number of carbonyl (C=O) groups is 3. The van der Waals surface area contributed by atoms with E-state index in [9.17, 15) is 24.5 Å². The van der Waals surface area contributed by atoms with Crippen LogP contribution in [0.4, 0.5) is 5.69 Å². The van der Waals surface area contributed by atoms with Crippen LogP contribution in [0.1, 0.15) is 38.3 Å². The van der Waals surface area contributed by atoms with Gasteiger partial charge in [-0.3, -0.25) is 24.5 Å². The molecule has 27 heavy (non-hydrogen) atoms. The molecule has 1 N–H and O–H groups in total. The number of nitro groups is 1. The highest BCUT2D eigenvalue weighted by molar-refractivity contribution is 7.14. The lowest BCUT2D eigenvalue weighted by atomic mass is 10.2. The van der Waals surface area contributed by atoms with Crippen LogP contribution in [0.2, 0.25) is 0 Å². The minimum atomic E-state index is -0.598. The number of esters is 1. The second-order valence-electron chi connectivity index (χ2n) is 5.51. The van der Waals surface area contributed by atoms with Crippen molar-refractivity contribution in [3.63, 3.8) is 0 Å². The third kappa shape index (κ3) is 6.00. The van der Waals surface area contributed by atoms with Crippen molar-refractivity contribution in [1.29, 1.82) is 0 Å². The van der Waals surface area contributed by atoms with Crippen LogP contribution in [0.25, 0.3) is 0 Å². The maximum Gasteiger partial charge on any atom is 0.308 e. The lowest BCUT2D eigenvalue weighted by Gasteiger charge is -2.06. The first kappa shape index (κ1) is 20.2. The molecule has 0 saturated carbocycles. The Morgan fingerprint density at radius 1 is 1.15 bits per heavy atom. The summed E-state index contributed by atoms with van der Waals surface area (Å²) < 4.78 is 4.92. The molecule has 0 saturated heterocycles. The Hall–Kier alpha value is -3.07. The van der Waals surface area contributed by atoms with Gasteiger partial charge in [0.15, 0.2) is 6.61 Å². The number of amides is 1. The number of aryl methyl sites for hydroxylation is 1. The quantitative estimate of drug-likeness (QED) is 0.305. The van der Waals surface area contributed by atoms with Crippen molar-refractivity contribution < 1.29 is 24.0 Å². The van der Waals surface area contributed by atoms with Crippen molar-refractivity contribution in [1.82, 2.24) is 5.32 Å². The Morgan fingerprint density at radius 3 is 2.44 bits per heavy atom. The monoisotopic (exact) mass is 390 g/mol. The molecule has 142 valence electrons. The van der Waals surface area contributed by atoms with E-state index in [1.807, 2.05) is 13.0 Å². The predicted octanol–water partition coefficient (Wildman–Crippen LogP) is 2.76.